The zero-order valence-corrected chi connectivity index (χ0v) is 12.2. The molecule has 20 heavy (non-hydrogen) atoms. The molecule has 0 unspecified atom stereocenters. The Kier molecular flexibility index (Phi) is 5.46. The number of halogens is 1. The van der Waals surface area contributed by atoms with E-state index >= 15 is 0 Å². The van der Waals surface area contributed by atoms with Gasteiger partial charge in [-0.3, -0.25) is 0 Å². The first-order valence-corrected chi connectivity index (χ1v) is 7.91. The van der Waals surface area contributed by atoms with Crippen LogP contribution >= 0.6 is 0 Å². The summed E-state index contributed by atoms with van der Waals surface area (Å²) in [6.45, 7) is 0.595. The molecule has 0 saturated heterocycles. The van der Waals surface area contributed by atoms with Gasteiger partial charge in [-0.2, -0.15) is 0 Å². The summed E-state index contributed by atoms with van der Waals surface area (Å²) in [6.07, 6.45) is 1.16. The fourth-order valence-corrected chi connectivity index (χ4v) is 2.23. The van der Waals surface area contributed by atoms with E-state index in [1.54, 1.807) is 11.9 Å². The third-order valence-corrected chi connectivity index (χ3v) is 3.66. The minimum atomic E-state index is -3.04. The second-order valence-electron chi connectivity index (χ2n) is 4.66. The molecule has 112 valence electrons. The van der Waals surface area contributed by atoms with Crippen LogP contribution in [-0.2, 0) is 16.4 Å². The summed E-state index contributed by atoms with van der Waals surface area (Å²) >= 11 is 0. The Bertz CT molecular complexity index is 602. The topological polar surface area (TPSA) is 96.0 Å². The van der Waals surface area contributed by atoms with Gasteiger partial charge in [0.2, 0.25) is 0 Å². The predicted octanol–water partition coefficient (Wildman–Crippen LogP) is 0.397. The molecule has 3 N–H and O–H groups in total. The molecule has 0 aliphatic rings. The smallest absolute Gasteiger partial charge is 0.170 e. The molecular formula is C12H18FN3O3S. The number of hydrogen-bond acceptors (Lipinski definition) is 5. The molecule has 0 fully saturated rings. The number of oxime groups is 1. The molecule has 0 amide bonds. The van der Waals surface area contributed by atoms with Crippen LogP contribution in [0.15, 0.2) is 23.4 Å². The quantitative estimate of drug-likeness (QED) is 0.343. The molecule has 0 saturated carbocycles. The van der Waals surface area contributed by atoms with Crippen molar-refractivity contribution in [3.05, 3.63) is 35.1 Å². The molecule has 0 bridgehead atoms. The highest BCUT2D eigenvalue weighted by Gasteiger charge is 2.10. The van der Waals surface area contributed by atoms with Gasteiger partial charge in [-0.15, -0.1) is 0 Å². The number of nitrogens with zero attached hydrogens (tertiary/aromatic N) is 2. The average molecular weight is 303 g/mol. The molecule has 6 nitrogen and oxygen atoms in total. The molecule has 0 atom stereocenters. The van der Waals surface area contributed by atoms with E-state index < -0.39 is 15.7 Å². The lowest BCUT2D eigenvalue weighted by Crippen LogP contribution is -2.25. The lowest BCUT2D eigenvalue weighted by molar-refractivity contribution is 0.318. The maximum absolute atomic E-state index is 13.8. The Morgan fingerprint density at radius 3 is 2.65 bits per heavy atom. The van der Waals surface area contributed by atoms with Gasteiger partial charge in [0, 0.05) is 30.5 Å². The van der Waals surface area contributed by atoms with Crippen LogP contribution in [0.25, 0.3) is 0 Å². The standard InChI is InChI=1S/C12H18FN3O3S/c1-16(5-6-20(2,18)19)8-10-4-3-9(7-11(10)13)12(14)15-17/h3-4,7,17H,5-6,8H2,1-2H3,(H2,14,15). The summed E-state index contributed by atoms with van der Waals surface area (Å²) in [5.41, 5.74) is 6.06. The first kappa shape index (κ1) is 16.4. The second-order valence-corrected chi connectivity index (χ2v) is 6.92. The lowest BCUT2D eigenvalue weighted by atomic mass is 10.1. The molecular weight excluding hydrogens is 285 g/mol. The fourth-order valence-electron chi connectivity index (χ4n) is 1.58. The van der Waals surface area contributed by atoms with E-state index in [1.165, 1.54) is 18.2 Å². The molecule has 0 aliphatic heterocycles. The van der Waals surface area contributed by atoms with Crippen molar-refractivity contribution in [2.75, 3.05) is 25.6 Å². The number of amidine groups is 1. The van der Waals surface area contributed by atoms with Gasteiger partial charge >= 0.3 is 0 Å². The van der Waals surface area contributed by atoms with E-state index in [9.17, 15) is 12.8 Å². The SMILES string of the molecule is CN(CCS(C)(=O)=O)Cc1ccc(C(N)=NO)cc1F. The molecule has 0 heterocycles. The predicted molar refractivity (Wildman–Crippen MR) is 75.0 cm³/mol. The van der Waals surface area contributed by atoms with Gasteiger partial charge in [-0.05, 0) is 13.1 Å². The third kappa shape index (κ3) is 5.14. The molecule has 8 heteroatoms. The van der Waals surface area contributed by atoms with Gasteiger partial charge in [-0.25, -0.2) is 12.8 Å². The number of rotatable bonds is 6. The van der Waals surface area contributed by atoms with Crippen LogP contribution in [0.1, 0.15) is 11.1 Å². The first-order chi connectivity index (χ1) is 9.23. The van der Waals surface area contributed by atoms with Gasteiger partial charge in [0.05, 0.1) is 5.75 Å². The fraction of sp³-hybridized carbons (Fsp3) is 0.417. The Morgan fingerprint density at radius 2 is 2.15 bits per heavy atom. The monoisotopic (exact) mass is 303 g/mol. The zero-order valence-electron chi connectivity index (χ0n) is 11.4. The van der Waals surface area contributed by atoms with Crippen molar-refractivity contribution < 1.29 is 18.0 Å². The van der Waals surface area contributed by atoms with E-state index in [0.717, 1.165) is 6.26 Å². The van der Waals surface area contributed by atoms with Crippen LogP contribution < -0.4 is 5.73 Å². The maximum Gasteiger partial charge on any atom is 0.170 e. The van der Waals surface area contributed by atoms with Crippen LogP contribution in [0, 0.1) is 5.82 Å². The largest absolute Gasteiger partial charge is 0.409 e. The Hall–Kier alpha value is -1.67. The minimum absolute atomic E-state index is 0.0212. The molecule has 1 aromatic carbocycles. The van der Waals surface area contributed by atoms with Gasteiger partial charge in [-0.1, -0.05) is 17.3 Å². The number of sulfone groups is 1. The Balaban J connectivity index is 2.74. The van der Waals surface area contributed by atoms with Crippen LogP contribution in [0.3, 0.4) is 0 Å². The summed E-state index contributed by atoms with van der Waals surface area (Å²) < 4.78 is 36.0. The van der Waals surface area contributed by atoms with Crippen molar-refractivity contribution in [1.29, 1.82) is 0 Å². The van der Waals surface area contributed by atoms with E-state index in [1.807, 2.05) is 0 Å². The highest BCUT2D eigenvalue weighted by molar-refractivity contribution is 7.90. The summed E-state index contributed by atoms with van der Waals surface area (Å²) in [6, 6.07) is 4.24. The van der Waals surface area contributed by atoms with Gasteiger partial charge in [0.25, 0.3) is 0 Å². The lowest BCUT2D eigenvalue weighted by Gasteiger charge is -2.16. The summed E-state index contributed by atoms with van der Waals surface area (Å²) in [4.78, 5) is 1.71. The van der Waals surface area contributed by atoms with Crippen molar-refractivity contribution in [1.82, 2.24) is 4.90 Å². The van der Waals surface area contributed by atoms with Crippen molar-refractivity contribution >= 4 is 15.7 Å². The van der Waals surface area contributed by atoms with Crippen LogP contribution in [-0.4, -0.2) is 50.0 Å². The van der Waals surface area contributed by atoms with Crippen LogP contribution in [0.4, 0.5) is 4.39 Å². The van der Waals surface area contributed by atoms with E-state index in [0.29, 0.717) is 12.1 Å². The van der Waals surface area contributed by atoms with E-state index in [4.69, 9.17) is 10.9 Å². The Morgan fingerprint density at radius 1 is 1.50 bits per heavy atom. The zero-order chi connectivity index (χ0) is 15.3. The minimum Gasteiger partial charge on any atom is -0.409 e. The van der Waals surface area contributed by atoms with Gasteiger partial charge in [0.1, 0.15) is 15.7 Å². The number of benzene rings is 1. The first-order valence-electron chi connectivity index (χ1n) is 5.85. The normalized spacial score (nSPS) is 12.9. The number of nitrogens with two attached hydrogens (primary N) is 1. The van der Waals surface area contributed by atoms with Crippen molar-refractivity contribution in [3.8, 4) is 0 Å². The summed E-state index contributed by atoms with van der Waals surface area (Å²) in [5.74, 6) is -0.631. The van der Waals surface area contributed by atoms with E-state index in [2.05, 4.69) is 5.16 Å². The van der Waals surface area contributed by atoms with Gasteiger partial charge < -0.3 is 15.8 Å². The molecule has 1 rings (SSSR count). The summed E-state index contributed by atoms with van der Waals surface area (Å²) in [5, 5.41) is 11.3. The maximum atomic E-state index is 13.8. The molecule has 0 spiro atoms. The van der Waals surface area contributed by atoms with Gasteiger partial charge in [0.15, 0.2) is 5.84 Å². The Labute approximate surface area is 117 Å². The molecule has 0 aliphatic carbocycles. The highest BCUT2D eigenvalue weighted by Crippen LogP contribution is 2.12. The number of hydrogen-bond donors (Lipinski definition) is 2. The molecule has 0 aromatic heterocycles. The third-order valence-electron chi connectivity index (χ3n) is 2.74. The van der Waals surface area contributed by atoms with Crippen LogP contribution in [0.5, 0.6) is 0 Å². The highest BCUT2D eigenvalue weighted by atomic mass is 32.2. The second kappa shape index (κ2) is 6.67. The van der Waals surface area contributed by atoms with Crippen molar-refractivity contribution in [2.45, 2.75) is 6.54 Å². The average Bonchev–Trinajstić information content (AvgIpc) is 2.37. The molecule has 0 radical (unpaired) electrons. The van der Waals surface area contributed by atoms with Crippen molar-refractivity contribution in [3.63, 3.8) is 0 Å². The molecule has 1 aromatic rings. The summed E-state index contributed by atoms with van der Waals surface area (Å²) in [7, 11) is -1.33. The van der Waals surface area contributed by atoms with E-state index in [-0.39, 0.29) is 23.7 Å². The van der Waals surface area contributed by atoms with Crippen LogP contribution in [0.2, 0.25) is 0 Å². The van der Waals surface area contributed by atoms with Crippen molar-refractivity contribution in [2.24, 2.45) is 10.9 Å².